The average Bonchev–Trinajstić information content (AvgIpc) is 2.34. The number of ether oxygens (including phenoxy) is 1. The van der Waals surface area contributed by atoms with Crippen molar-refractivity contribution in [1.82, 2.24) is 4.90 Å². The number of amidine groups is 1. The number of carbonyl (C=O) groups is 1. The minimum atomic E-state index is -0.453. The summed E-state index contributed by atoms with van der Waals surface area (Å²) in [4.78, 5) is 18.0. The largest absolute Gasteiger partial charge is 0.448 e. The molecule has 1 amide bonds. The molecule has 0 spiro atoms. The molecule has 1 aliphatic rings. The summed E-state index contributed by atoms with van der Waals surface area (Å²) in [7, 11) is 0. The highest BCUT2D eigenvalue weighted by Crippen LogP contribution is 2.13. The van der Waals surface area contributed by atoms with E-state index in [0.29, 0.717) is 12.5 Å². The number of hydrogen-bond donors (Lipinski definition) is 0. The summed E-state index contributed by atoms with van der Waals surface area (Å²) < 4.78 is 5.12. The molecule has 0 unspecified atom stereocenters. The number of amides is 1. The lowest BCUT2D eigenvalue weighted by Gasteiger charge is -2.31. The second-order valence-corrected chi connectivity index (χ2v) is 6.42. The average molecular weight is 272 g/mol. The molecule has 104 valence electrons. The van der Waals surface area contributed by atoms with Crippen LogP contribution in [0.15, 0.2) is 4.99 Å². The van der Waals surface area contributed by atoms with Gasteiger partial charge in [-0.05, 0) is 5.92 Å². The van der Waals surface area contributed by atoms with Crippen LogP contribution in [-0.4, -0.2) is 48.0 Å². The van der Waals surface area contributed by atoms with Crippen molar-refractivity contribution in [3.05, 3.63) is 0 Å². The molecule has 0 saturated carbocycles. The predicted molar refractivity (Wildman–Crippen MR) is 77.4 cm³/mol. The van der Waals surface area contributed by atoms with Crippen molar-refractivity contribution in [1.29, 1.82) is 0 Å². The molecular formula is C13H24N2O2S. The zero-order valence-corrected chi connectivity index (χ0v) is 12.6. The molecule has 0 aromatic carbocycles. The number of aliphatic imine (C=N–C) groups is 1. The Labute approximate surface area is 114 Å². The third kappa shape index (κ3) is 5.29. The van der Waals surface area contributed by atoms with Crippen LogP contribution in [0.25, 0.3) is 0 Å². The van der Waals surface area contributed by atoms with Crippen LogP contribution in [0.2, 0.25) is 0 Å². The minimum absolute atomic E-state index is 0.250. The highest BCUT2D eigenvalue weighted by atomic mass is 32.2. The summed E-state index contributed by atoms with van der Waals surface area (Å²) in [6.45, 7) is 10.5. The summed E-state index contributed by atoms with van der Waals surface area (Å²) in [5, 5.41) is 0. The van der Waals surface area contributed by atoms with E-state index in [4.69, 9.17) is 4.74 Å². The van der Waals surface area contributed by atoms with E-state index < -0.39 is 6.09 Å². The van der Waals surface area contributed by atoms with Crippen LogP contribution in [0.1, 0.15) is 27.7 Å². The molecule has 0 atom stereocenters. The Bertz CT molecular complexity index is 297. The van der Waals surface area contributed by atoms with E-state index in [1.165, 1.54) is 0 Å². The fourth-order valence-electron chi connectivity index (χ4n) is 1.72. The van der Waals surface area contributed by atoms with E-state index in [-0.39, 0.29) is 5.92 Å². The number of hydrogen-bond acceptors (Lipinski definition) is 3. The molecule has 1 aliphatic heterocycles. The van der Waals surface area contributed by atoms with Gasteiger partial charge >= 0.3 is 6.09 Å². The molecule has 4 nitrogen and oxygen atoms in total. The first-order valence-electron chi connectivity index (χ1n) is 6.58. The second-order valence-electron chi connectivity index (χ2n) is 5.19. The smallest absolute Gasteiger partial charge is 0.435 e. The maximum Gasteiger partial charge on any atom is 0.435 e. The highest BCUT2D eigenvalue weighted by molar-refractivity contribution is 7.99. The van der Waals surface area contributed by atoms with E-state index in [1.54, 1.807) is 0 Å². The third-order valence-electron chi connectivity index (χ3n) is 2.60. The molecule has 0 aromatic heterocycles. The van der Waals surface area contributed by atoms with Gasteiger partial charge in [0.15, 0.2) is 0 Å². The van der Waals surface area contributed by atoms with Crippen LogP contribution < -0.4 is 0 Å². The first-order chi connectivity index (χ1) is 8.50. The van der Waals surface area contributed by atoms with Gasteiger partial charge in [0.2, 0.25) is 0 Å². The topological polar surface area (TPSA) is 41.9 Å². The molecule has 0 N–H and O–H groups in total. The van der Waals surface area contributed by atoms with Crippen LogP contribution in [0, 0.1) is 11.8 Å². The fourth-order valence-corrected chi connectivity index (χ4v) is 2.62. The Kier molecular flexibility index (Phi) is 6.54. The maximum absolute atomic E-state index is 11.7. The Morgan fingerprint density at radius 1 is 1.28 bits per heavy atom. The molecule has 1 fully saturated rings. The van der Waals surface area contributed by atoms with E-state index in [2.05, 4.69) is 23.7 Å². The van der Waals surface area contributed by atoms with E-state index in [9.17, 15) is 4.79 Å². The first-order valence-corrected chi connectivity index (χ1v) is 7.74. The first kappa shape index (κ1) is 15.3. The highest BCUT2D eigenvalue weighted by Gasteiger charge is 2.19. The number of rotatable bonds is 3. The molecule has 0 aromatic rings. The molecule has 1 heterocycles. The summed E-state index contributed by atoms with van der Waals surface area (Å²) in [5.41, 5.74) is 0. The summed E-state index contributed by atoms with van der Waals surface area (Å²) in [6.07, 6.45) is -0.453. The van der Waals surface area contributed by atoms with Crippen molar-refractivity contribution in [2.24, 2.45) is 16.8 Å². The van der Waals surface area contributed by atoms with Gasteiger partial charge in [0.05, 0.1) is 6.61 Å². The van der Waals surface area contributed by atoms with Crippen molar-refractivity contribution in [2.75, 3.05) is 31.2 Å². The predicted octanol–water partition coefficient (Wildman–Crippen LogP) is 2.88. The molecule has 5 heteroatoms. The van der Waals surface area contributed by atoms with Crippen molar-refractivity contribution >= 4 is 23.7 Å². The molecular weight excluding hydrogens is 248 g/mol. The van der Waals surface area contributed by atoms with E-state index in [1.807, 2.05) is 25.6 Å². The van der Waals surface area contributed by atoms with Gasteiger partial charge in [-0.25, -0.2) is 4.79 Å². The molecule has 18 heavy (non-hydrogen) atoms. The van der Waals surface area contributed by atoms with Gasteiger partial charge in [-0.2, -0.15) is 16.8 Å². The summed E-state index contributed by atoms with van der Waals surface area (Å²) >= 11 is 1.95. The van der Waals surface area contributed by atoms with Gasteiger partial charge in [-0.15, -0.1) is 0 Å². The quantitative estimate of drug-likeness (QED) is 0.585. The number of nitrogens with zero attached hydrogens (tertiary/aromatic N) is 2. The van der Waals surface area contributed by atoms with Gasteiger partial charge in [0.25, 0.3) is 0 Å². The van der Waals surface area contributed by atoms with Crippen molar-refractivity contribution < 1.29 is 9.53 Å². The van der Waals surface area contributed by atoms with Gasteiger partial charge < -0.3 is 9.64 Å². The lowest BCUT2D eigenvalue weighted by molar-refractivity contribution is 0.143. The van der Waals surface area contributed by atoms with E-state index in [0.717, 1.165) is 30.4 Å². The number of carbonyl (C=O) groups excluding carboxylic acids is 1. The Hall–Kier alpha value is -0.710. The van der Waals surface area contributed by atoms with Gasteiger partial charge in [0, 0.05) is 30.5 Å². The standard InChI is InChI=1S/C13H24N2O2S/c1-10(2)9-17-13(16)14-12(11(3)4)15-5-7-18-8-6-15/h10-11H,5-9H2,1-4H3. The lowest BCUT2D eigenvalue weighted by atomic mass is 10.2. The zero-order chi connectivity index (χ0) is 13.5. The van der Waals surface area contributed by atoms with Crippen LogP contribution in [0.3, 0.4) is 0 Å². The zero-order valence-electron chi connectivity index (χ0n) is 11.8. The van der Waals surface area contributed by atoms with Crippen molar-refractivity contribution in [3.63, 3.8) is 0 Å². The van der Waals surface area contributed by atoms with Crippen molar-refractivity contribution in [3.8, 4) is 0 Å². The second kappa shape index (κ2) is 7.67. The Balaban J connectivity index is 2.62. The van der Waals surface area contributed by atoms with E-state index >= 15 is 0 Å². The Morgan fingerprint density at radius 3 is 2.39 bits per heavy atom. The van der Waals surface area contributed by atoms with Crippen LogP contribution in [0.5, 0.6) is 0 Å². The summed E-state index contributed by atoms with van der Waals surface area (Å²) in [5.74, 6) is 3.67. The van der Waals surface area contributed by atoms with Crippen molar-refractivity contribution in [2.45, 2.75) is 27.7 Å². The fraction of sp³-hybridized carbons (Fsp3) is 0.846. The van der Waals surface area contributed by atoms with Gasteiger partial charge in [0.1, 0.15) is 5.84 Å². The van der Waals surface area contributed by atoms with Crippen LogP contribution >= 0.6 is 11.8 Å². The van der Waals surface area contributed by atoms with Crippen LogP contribution in [0.4, 0.5) is 4.79 Å². The number of thioether (sulfide) groups is 1. The minimum Gasteiger partial charge on any atom is -0.448 e. The summed E-state index contributed by atoms with van der Waals surface area (Å²) in [6, 6.07) is 0. The molecule has 0 aliphatic carbocycles. The monoisotopic (exact) mass is 272 g/mol. The van der Waals surface area contributed by atoms with Crippen LogP contribution in [-0.2, 0) is 4.74 Å². The molecule has 1 saturated heterocycles. The van der Waals surface area contributed by atoms with Gasteiger partial charge in [-0.3, -0.25) is 0 Å². The maximum atomic E-state index is 11.7. The molecule has 0 bridgehead atoms. The Morgan fingerprint density at radius 2 is 1.89 bits per heavy atom. The third-order valence-corrected chi connectivity index (χ3v) is 3.54. The molecule has 1 rings (SSSR count). The SMILES string of the molecule is CC(C)COC(=O)N=C(C(C)C)N1CCSCC1. The lowest BCUT2D eigenvalue weighted by Crippen LogP contribution is -2.41. The molecule has 0 radical (unpaired) electrons. The van der Waals surface area contributed by atoms with Gasteiger partial charge in [-0.1, -0.05) is 27.7 Å². The normalized spacial score (nSPS) is 17.4.